The van der Waals surface area contributed by atoms with Gasteiger partial charge in [-0.05, 0) is 33.4 Å². The van der Waals surface area contributed by atoms with Crippen LogP contribution in [0.3, 0.4) is 0 Å². The molecule has 6 aromatic rings. The van der Waals surface area contributed by atoms with E-state index in [-0.39, 0.29) is 39.6 Å². The van der Waals surface area contributed by atoms with Gasteiger partial charge in [-0.2, -0.15) is 0 Å². The first-order chi connectivity index (χ1) is 34.0. The van der Waals surface area contributed by atoms with Gasteiger partial charge in [-0.25, -0.2) is 0 Å². The molecule has 12 nitrogen and oxygen atoms in total. The van der Waals surface area contributed by atoms with Gasteiger partial charge in [0, 0.05) is 14.0 Å². The largest absolute Gasteiger partial charge is 0.454 e. The molecule has 0 aromatic heterocycles. The average Bonchev–Trinajstić information content (AvgIpc) is 3.39. The van der Waals surface area contributed by atoms with Crippen molar-refractivity contribution in [1.29, 1.82) is 0 Å². The van der Waals surface area contributed by atoms with Gasteiger partial charge < -0.3 is 52.1 Å². The van der Waals surface area contributed by atoms with Crippen molar-refractivity contribution < 1.29 is 56.9 Å². The summed E-state index contributed by atoms with van der Waals surface area (Å²) in [6.07, 6.45) is -9.24. The fourth-order valence-corrected chi connectivity index (χ4v) is 8.52. The second kappa shape index (κ2) is 26.4. The minimum Gasteiger partial charge on any atom is -0.454 e. The second-order valence-corrected chi connectivity index (χ2v) is 17.0. The molecule has 2 fully saturated rings. The number of carbonyl (C=O) groups is 1. The maximum atomic E-state index is 13.3. The molecule has 0 spiro atoms. The molecule has 2 aliphatic rings. The Balaban J connectivity index is 1.17. The first-order valence-corrected chi connectivity index (χ1v) is 23.5. The normalized spacial score (nSPS) is 24.7. The van der Waals surface area contributed by atoms with E-state index in [1.807, 2.05) is 182 Å². The fraction of sp³-hybridized carbons (Fsp3) is 0.351. The molecule has 362 valence electrons. The monoisotopic (exact) mass is 938 g/mol. The van der Waals surface area contributed by atoms with Crippen LogP contribution >= 0.6 is 0 Å². The number of hydrogen-bond donors (Lipinski definition) is 0. The highest BCUT2D eigenvalue weighted by Gasteiger charge is 2.55. The van der Waals surface area contributed by atoms with Crippen molar-refractivity contribution in [3.8, 4) is 0 Å². The lowest BCUT2D eigenvalue weighted by Crippen LogP contribution is -2.66. The van der Waals surface area contributed by atoms with Crippen molar-refractivity contribution in [1.82, 2.24) is 0 Å². The molecular weight excluding hydrogens is 877 g/mol. The van der Waals surface area contributed by atoms with E-state index >= 15 is 0 Å². The molecule has 10 atom stereocenters. The van der Waals surface area contributed by atoms with E-state index in [1.165, 1.54) is 6.92 Å². The molecule has 2 saturated heterocycles. The van der Waals surface area contributed by atoms with E-state index in [4.69, 9.17) is 52.1 Å². The van der Waals surface area contributed by atoms with E-state index in [0.717, 1.165) is 33.4 Å². The third kappa shape index (κ3) is 14.7. The van der Waals surface area contributed by atoms with Crippen LogP contribution in [0.2, 0.25) is 0 Å². The lowest BCUT2D eigenvalue weighted by atomic mass is 9.95. The van der Waals surface area contributed by atoms with Crippen molar-refractivity contribution in [2.75, 3.05) is 20.3 Å². The Kier molecular flexibility index (Phi) is 19.0. The zero-order valence-corrected chi connectivity index (χ0v) is 39.1. The Labute approximate surface area is 405 Å². The van der Waals surface area contributed by atoms with Gasteiger partial charge in [-0.15, -0.1) is 0 Å². The summed E-state index contributed by atoms with van der Waals surface area (Å²) in [4.78, 5) is 13.3. The Hall–Kier alpha value is -5.61. The van der Waals surface area contributed by atoms with Gasteiger partial charge in [0.05, 0.1) is 52.9 Å². The summed E-state index contributed by atoms with van der Waals surface area (Å²) in [5, 5.41) is 0. The maximum Gasteiger partial charge on any atom is 0.303 e. The Bertz CT molecular complexity index is 2350. The van der Waals surface area contributed by atoms with Crippen LogP contribution in [0.25, 0.3) is 0 Å². The molecule has 0 amide bonds. The number of carbonyl (C=O) groups excluding carboxylic acids is 1. The van der Waals surface area contributed by atoms with Crippen LogP contribution in [0.1, 0.15) is 40.3 Å². The Morgan fingerprint density at radius 2 is 0.710 bits per heavy atom. The predicted octanol–water partition coefficient (Wildman–Crippen LogP) is 9.17. The van der Waals surface area contributed by atoms with Gasteiger partial charge in [0.15, 0.2) is 18.7 Å². The summed E-state index contributed by atoms with van der Waals surface area (Å²) >= 11 is 0. The Morgan fingerprint density at radius 3 is 1.09 bits per heavy atom. The number of methoxy groups -OCH3 is 1. The number of ether oxygens (including phenoxy) is 11. The van der Waals surface area contributed by atoms with Crippen LogP contribution in [0.4, 0.5) is 0 Å². The highest BCUT2D eigenvalue weighted by atomic mass is 16.8. The number of hydrogen-bond acceptors (Lipinski definition) is 12. The molecule has 0 bridgehead atoms. The quantitative estimate of drug-likeness (QED) is 0.0539. The Morgan fingerprint density at radius 1 is 0.391 bits per heavy atom. The molecule has 8 rings (SSSR count). The minimum absolute atomic E-state index is 0.0708. The molecule has 6 unspecified atom stereocenters. The first kappa shape index (κ1) is 49.8. The summed E-state index contributed by atoms with van der Waals surface area (Å²) in [5.74, 6) is -0.561. The zero-order valence-electron chi connectivity index (χ0n) is 39.1. The molecule has 69 heavy (non-hydrogen) atoms. The minimum atomic E-state index is -1.27. The van der Waals surface area contributed by atoms with Crippen molar-refractivity contribution in [2.24, 2.45) is 0 Å². The maximum absolute atomic E-state index is 13.3. The van der Waals surface area contributed by atoms with Crippen molar-refractivity contribution >= 4 is 5.97 Å². The summed E-state index contributed by atoms with van der Waals surface area (Å²) < 4.78 is 73.6. The van der Waals surface area contributed by atoms with Gasteiger partial charge in [0.1, 0.15) is 42.7 Å². The van der Waals surface area contributed by atoms with Crippen LogP contribution < -0.4 is 0 Å². The van der Waals surface area contributed by atoms with Gasteiger partial charge in [-0.3, -0.25) is 4.79 Å². The molecule has 0 N–H and O–H groups in total. The molecule has 0 aliphatic carbocycles. The molecule has 2 aliphatic heterocycles. The first-order valence-electron chi connectivity index (χ1n) is 23.5. The molecule has 2 heterocycles. The molecular formula is C57H62O12. The lowest BCUT2D eigenvalue weighted by Gasteiger charge is -2.49. The summed E-state index contributed by atoms with van der Waals surface area (Å²) in [6, 6.07) is 59.2. The summed E-state index contributed by atoms with van der Waals surface area (Å²) in [7, 11) is 1.58. The van der Waals surface area contributed by atoms with Crippen LogP contribution in [-0.2, 0) is 96.5 Å². The topological polar surface area (TPSA) is 119 Å². The molecule has 0 saturated carbocycles. The van der Waals surface area contributed by atoms with E-state index in [1.54, 1.807) is 7.11 Å². The number of rotatable bonds is 24. The highest BCUT2D eigenvalue weighted by molar-refractivity contribution is 5.66. The van der Waals surface area contributed by atoms with E-state index in [2.05, 4.69) is 0 Å². The SMILES string of the molecule is CO[C@H]1OC(COCc2ccccc2)[C@H](O[C@H]2OC(COCc3ccccc3)[C@@H](OCc3ccccc3)C(OCc3ccccc3)C2OC(C)=O)C(OCc2ccccc2)C1OCc1ccccc1. The van der Waals surface area contributed by atoms with Gasteiger partial charge in [0.2, 0.25) is 0 Å². The third-order valence-corrected chi connectivity index (χ3v) is 11.9. The van der Waals surface area contributed by atoms with Crippen LogP contribution in [0, 0.1) is 0 Å². The van der Waals surface area contributed by atoms with Crippen molar-refractivity contribution in [3.63, 3.8) is 0 Å². The summed E-state index contributed by atoms with van der Waals surface area (Å²) in [5.41, 5.74) is 5.71. The molecule has 12 heteroatoms. The van der Waals surface area contributed by atoms with E-state index in [9.17, 15) is 4.79 Å². The lowest BCUT2D eigenvalue weighted by molar-refractivity contribution is -0.372. The van der Waals surface area contributed by atoms with Crippen LogP contribution in [0.5, 0.6) is 0 Å². The third-order valence-electron chi connectivity index (χ3n) is 11.9. The second-order valence-electron chi connectivity index (χ2n) is 17.0. The van der Waals surface area contributed by atoms with Crippen molar-refractivity contribution in [3.05, 3.63) is 215 Å². The summed E-state index contributed by atoms with van der Waals surface area (Å²) in [6.45, 7) is 2.96. The molecule has 6 aromatic carbocycles. The van der Waals surface area contributed by atoms with E-state index < -0.39 is 67.4 Å². The van der Waals surface area contributed by atoms with Gasteiger partial charge in [-0.1, -0.05) is 182 Å². The zero-order chi connectivity index (χ0) is 47.5. The van der Waals surface area contributed by atoms with E-state index in [0.29, 0.717) is 13.2 Å². The number of esters is 1. The van der Waals surface area contributed by atoms with Crippen LogP contribution in [-0.4, -0.2) is 87.7 Å². The van der Waals surface area contributed by atoms with Gasteiger partial charge >= 0.3 is 5.97 Å². The standard InChI is InChI=1S/C57H62O12/c1-41(58)66-55-52(63-36-45-27-15-6-16-28-45)50(62-35-44-25-13-5-14-26-44)48(39-60-33-42-21-9-3-10-22-42)68-57(55)69-51-49(40-61-34-43-23-11-4-12-24-43)67-56(59-2)54(65-38-47-31-19-8-20-32-47)53(51)64-37-46-29-17-7-18-30-46/h3-32,48-57H,33-40H2,1-2H3/t48?,49?,50-,51+,52?,53?,54?,55?,56+,57-/m1/s1. The average molecular weight is 939 g/mol. The smallest absolute Gasteiger partial charge is 0.303 e. The number of benzene rings is 6. The highest BCUT2D eigenvalue weighted by Crippen LogP contribution is 2.36. The van der Waals surface area contributed by atoms with Gasteiger partial charge in [0.25, 0.3) is 0 Å². The molecule has 0 radical (unpaired) electrons. The van der Waals surface area contributed by atoms with Crippen molar-refractivity contribution in [2.45, 2.75) is 108 Å². The fourth-order valence-electron chi connectivity index (χ4n) is 8.52. The predicted molar refractivity (Wildman–Crippen MR) is 257 cm³/mol. The van der Waals surface area contributed by atoms with Crippen LogP contribution in [0.15, 0.2) is 182 Å².